The molecule has 0 saturated carbocycles. The van der Waals surface area contributed by atoms with Crippen LogP contribution in [0.2, 0.25) is 0 Å². The van der Waals surface area contributed by atoms with Crippen LogP contribution in [-0.4, -0.2) is 170 Å². The standard InChI is InChI=1S/C20H23N5O6.C15H18N4O5.C11H10N2O5.CH3F/c1-9-14(21)17(28)13-10(8-31-19(22)29)20(30-3)18-11(7-24(20)15(13)16(9)27)25(18)12(26)5-4-6-23-2;1-5-9(16)12(21)8-6(4-24-14(17)22)15(23-2)13-7(18-13)3-19(15)10(8)11(5)20;1-12-7-2-8-17-11(14)18-10-5-3-9(4-6-10)13(15)16;1-2/h10-11,18H,4-8,21H2,1,3H3,(H2,22,29);6-7,13,18H,3-4,16H2,1-2H3,(H2,17,22);3-6H,2,7-8H2;1H3/t10-,11?,18+,20-,25?;6-,7?,13+,15-;;/m11../s1/i;;;1D. The van der Waals surface area contributed by atoms with Crippen molar-refractivity contribution in [2.24, 2.45) is 34.8 Å². The summed E-state index contributed by atoms with van der Waals surface area (Å²) in [7, 11) is 1.95. The van der Waals surface area contributed by atoms with Crippen molar-refractivity contribution in [3.63, 3.8) is 0 Å². The normalized spacial score (nSPS) is 27.0. The molecule has 1 aromatic carbocycles. The highest BCUT2D eigenvalue weighted by molar-refractivity contribution is 6.26. The number of halogens is 1. The van der Waals surface area contributed by atoms with Crippen molar-refractivity contribution >= 4 is 53.1 Å². The molecular formula is C47H54FN11O16. The van der Waals surface area contributed by atoms with E-state index in [1.807, 2.05) is 4.90 Å². The smallest absolute Gasteiger partial charge is 0.449 e. The summed E-state index contributed by atoms with van der Waals surface area (Å²) in [6.07, 6.45) is -1.77. The molecular weight excluding hydrogens is 994 g/mol. The van der Waals surface area contributed by atoms with Crippen LogP contribution in [0.4, 0.5) is 24.5 Å². The Morgan fingerprint density at radius 2 is 1.32 bits per heavy atom. The van der Waals surface area contributed by atoms with Crippen LogP contribution >= 0.6 is 0 Å². The third-order valence-corrected chi connectivity index (χ3v) is 14.0. The predicted molar refractivity (Wildman–Crippen MR) is 253 cm³/mol. The second-order valence-electron chi connectivity index (χ2n) is 17.7. The van der Waals surface area contributed by atoms with Gasteiger partial charge in [0.1, 0.15) is 31.6 Å². The van der Waals surface area contributed by atoms with Crippen molar-refractivity contribution in [3.05, 3.63) is 102 Å². The number of nitrogens with zero attached hydrogens (tertiary/aromatic N) is 6. The summed E-state index contributed by atoms with van der Waals surface area (Å²) < 4.78 is 46.7. The average Bonchev–Trinajstić information content (AvgIpc) is 4.18. The number of nitro groups is 1. The van der Waals surface area contributed by atoms with E-state index in [1.165, 1.54) is 52.3 Å². The Hall–Kier alpha value is -8.47. The summed E-state index contributed by atoms with van der Waals surface area (Å²) in [4.78, 5) is 119. The van der Waals surface area contributed by atoms with Crippen molar-refractivity contribution < 1.29 is 77.5 Å². The van der Waals surface area contributed by atoms with Crippen LogP contribution in [-0.2, 0) is 47.7 Å². The van der Waals surface area contributed by atoms with Gasteiger partial charge in [0.05, 0.1) is 66.6 Å². The number of hydrogen-bond acceptors (Lipinski definition) is 21. The number of hydrogen-bond donors (Lipinski definition) is 5. The Labute approximate surface area is 428 Å². The van der Waals surface area contributed by atoms with E-state index in [0.717, 1.165) is 0 Å². The lowest BCUT2D eigenvalue weighted by atomic mass is 9.82. The number of carbonyl (C=O) groups excluding carboxylic acids is 8. The summed E-state index contributed by atoms with van der Waals surface area (Å²) in [5.41, 5.74) is 20.7. The summed E-state index contributed by atoms with van der Waals surface area (Å²) in [5, 5.41) is 13.7. The molecule has 6 heterocycles. The first-order chi connectivity index (χ1) is 36.1. The Morgan fingerprint density at radius 3 is 1.80 bits per heavy atom. The van der Waals surface area contributed by atoms with Crippen LogP contribution in [0.3, 0.4) is 0 Å². The summed E-state index contributed by atoms with van der Waals surface area (Å²) in [5.74, 6) is -3.04. The van der Waals surface area contributed by atoms with Gasteiger partial charge >= 0.3 is 18.3 Å². The number of Topliss-reactive ketones (excluding diaryl/α,β-unsaturated/α-hetero) is 4. The van der Waals surface area contributed by atoms with Crippen molar-refractivity contribution in [3.8, 4) is 5.75 Å². The number of primary amides is 2. The molecule has 8 atom stereocenters. The topological polar surface area (TPSA) is 379 Å². The molecule has 0 bridgehead atoms. The van der Waals surface area contributed by atoms with Gasteiger partial charge in [0.15, 0.2) is 11.4 Å². The number of non-ortho nitro benzene ring substituents is 1. The highest BCUT2D eigenvalue weighted by atomic mass is 19.1. The summed E-state index contributed by atoms with van der Waals surface area (Å²) >= 11 is 0. The van der Waals surface area contributed by atoms with Crippen molar-refractivity contribution in [2.75, 3.05) is 67.4 Å². The van der Waals surface area contributed by atoms with Crippen LogP contribution in [0.1, 0.15) is 34.5 Å². The van der Waals surface area contributed by atoms with Gasteiger partial charge in [-0.1, -0.05) is 0 Å². The number of alkyl halides is 1. The van der Waals surface area contributed by atoms with E-state index in [9.17, 15) is 52.9 Å². The summed E-state index contributed by atoms with van der Waals surface area (Å²) in [6.45, 7) is 17.4. The fourth-order valence-electron chi connectivity index (χ4n) is 10.6. The zero-order chi connectivity index (χ0) is 56.1. The van der Waals surface area contributed by atoms with E-state index in [1.54, 1.807) is 9.80 Å². The first-order valence-corrected chi connectivity index (χ1v) is 22.9. The molecule has 28 heteroatoms. The molecule has 1 aromatic rings. The SMILES string of the molecule is CO[C@@]12[C@H](COC(N)=O)C3=C(C(=O)C(C)=C(N)C3=O)N1CC1N[C@@H]12.[2H]CF.[C-]#[N+]CCCC(=O)N1C2CN3C4=C(C(=O)C(N)=C(C)C4=O)[C@@H](COC(N)=O)[C@@]3(OC)[C@H]21.[C-]#[N+]CCCOC(=O)Oc1ccc([N+](=O)[O-])cc1. The van der Waals surface area contributed by atoms with Crippen molar-refractivity contribution in [1.82, 2.24) is 20.0 Å². The van der Waals surface area contributed by atoms with E-state index in [0.29, 0.717) is 31.6 Å². The van der Waals surface area contributed by atoms with Crippen LogP contribution in [0.5, 0.6) is 5.75 Å². The molecule has 9 N–H and O–H groups in total. The van der Waals surface area contributed by atoms with E-state index in [2.05, 4.69) is 19.7 Å². The van der Waals surface area contributed by atoms with E-state index >= 15 is 0 Å². The lowest BCUT2D eigenvalue weighted by Crippen LogP contribution is -2.56. The molecule has 0 spiro atoms. The van der Waals surface area contributed by atoms with Gasteiger partial charge in [-0.15, -0.1) is 0 Å². The van der Waals surface area contributed by atoms with Crippen molar-refractivity contribution in [1.29, 1.82) is 0 Å². The van der Waals surface area contributed by atoms with Gasteiger partial charge in [0.25, 0.3) is 5.69 Å². The molecule has 2 aliphatic carbocycles. The number of amides is 3. The van der Waals surface area contributed by atoms with Gasteiger partial charge < -0.3 is 81.1 Å². The Kier molecular flexibility index (Phi) is 16.2. The number of nitrogens with two attached hydrogens (primary N) is 4. The van der Waals surface area contributed by atoms with Gasteiger partial charge in [0, 0.05) is 80.6 Å². The third-order valence-electron chi connectivity index (χ3n) is 14.0. The van der Waals surface area contributed by atoms with Gasteiger partial charge in [0.2, 0.25) is 42.1 Å². The Balaban J connectivity index is 0.000000187. The molecule has 75 heavy (non-hydrogen) atoms. The number of nitrogens with one attached hydrogen (secondary N) is 1. The maximum Gasteiger partial charge on any atom is 0.513 e. The number of rotatable bonds is 14. The van der Waals surface area contributed by atoms with E-state index in [-0.39, 0.29) is 126 Å². The number of ether oxygens (including phenoxy) is 6. The van der Waals surface area contributed by atoms with E-state index in [4.69, 9.17) is 61.1 Å². The third kappa shape index (κ3) is 9.77. The average molecular weight is 1050 g/mol. The quantitative estimate of drug-likeness (QED) is 0.0196. The number of allylic oxidation sites excluding steroid dienone is 4. The minimum Gasteiger partial charge on any atom is -0.449 e. The molecule has 3 amide bonds. The van der Waals surface area contributed by atoms with Crippen LogP contribution < -0.4 is 33.0 Å². The number of ketones is 4. The minimum absolute atomic E-state index is 0.0586. The first-order valence-electron chi connectivity index (χ1n) is 23.6. The molecule has 0 radical (unpaired) electrons. The largest absolute Gasteiger partial charge is 0.513 e. The van der Waals surface area contributed by atoms with Crippen molar-refractivity contribution in [2.45, 2.75) is 68.7 Å². The molecule has 2 unspecified atom stereocenters. The van der Waals surface area contributed by atoms with E-state index < -0.39 is 71.3 Å². The van der Waals surface area contributed by atoms with Gasteiger partial charge in [-0.25, -0.2) is 27.5 Å². The maximum atomic E-state index is 13.1. The zero-order valence-electron chi connectivity index (χ0n) is 42.0. The summed E-state index contributed by atoms with van der Waals surface area (Å²) in [6, 6.07) is 4.52. The molecule has 27 nitrogen and oxygen atoms in total. The number of nitro benzene ring substituents is 1. The van der Waals surface area contributed by atoms with Gasteiger partial charge in [-0.05, 0) is 26.0 Å². The molecule has 400 valence electrons. The number of fused-ring (bicyclic) bond motifs is 8. The predicted octanol–water partition coefficient (Wildman–Crippen LogP) is 0.641. The number of carbonyl (C=O) groups is 8. The molecule has 8 aliphatic rings. The number of benzene rings is 1. The second-order valence-corrected chi connectivity index (χ2v) is 17.7. The Morgan fingerprint density at radius 1 is 0.827 bits per heavy atom. The fraction of sp³-hybridized carbons (Fsp3) is 0.489. The zero-order valence-corrected chi connectivity index (χ0v) is 41.0. The van der Waals surface area contributed by atoms with Crippen LogP contribution in [0, 0.1) is 35.1 Å². The fourth-order valence-corrected chi connectivity index (χ4v) is 10.6. The second kappa shape index (κ2) is 22.3. The van der Waals surface area contributed by atoms with Crippen LogP contribution in [0.15, 0.2) is 69.3 Å². The highest BCUT2D eigenvalue weighted by Crippen LogP contribution is 2.60. The van der Waals surface area contributed by atoms with Gasteiger partial charge in [-0.2, -0.15) is 0 Å². The molecule has 9 rings (SSSR count). The lowest BCUT2D eigenvalue weighted by molar-refractivity contribution is -0.384. The minimum atomic E-state index is -1.25. The first kappa shape index (κ1) is 54.3. The lowest BCUT2D eigenvalue weighted by Gasteiger charge is -2.41. The molecule has 4 saturated heterocycles. The molecule has 6 aliphatic heterocycles. The van der Waals surface area contributed by atoms with Gasteiger partial charge in [-0.3, -0.25) is 38.5 Å². The molecule has 4 fully saturated rings. The maximum absolute atomic E-state index is 13.1. The number of methoxy groups -OCH3 is 2. The Bertz CT molecular complexity index is 2850. The number of piperazine rings is 2. The van der Waals surface area contributed by atoms with Crippen LogP contribution in [0.25, 0.3) is 9.69 Å². The molecule has 0 aromatic heterocycles. The monoisotopic (exact) mass is 1050 g/mol. The highest BCUT2D eigenvalue weighted by Gasteiger charge is 2.77.